The molecule has 2 amide bonds. The molecule has 4 saturated carbocycles. The third-order valence-electron chi connectivity index (χ3n) is 7.34. The van der Waals surface area contributed by atoms with Crippen LogP contribution in [0.2, 0.25) is 0 Å². The van der Waals surface area contributed by atoms with Gasteiger partial charge in [-0.25, -0.2) is 4.79 Å². The molecule has 2 atom stereocenters. The second-order valence-electron chi connectivity index (χ2n) is 9.70. The van der Waals surface area contributed by atoms with Crippen LogP contribution in [0.4, 0.5) is 5.69 Å². The third kappa shape index (κ3) is 3.96. The van der Waals surface area contributed by atoms with Crippen molar-refractivity contribution in [2.24, 2.45) is 23.2 Å². The Hall–Kier alpha value is -2.37. The minimum atomic E-state index is -0.929. The monoisotopic (exact) mass is 412 g/mol. The summed E-state index contributed by atoms with van der Waals surface area (Å²) in [4.78, 5) is 39.8. The number of carbonyl (C=O) groups excluding carboxylic acids is 3. The third-order valence-corrected chi connectivity index (χ3v) is 7.34. The first kappa shape index (κ1) is 20.9. The van der Waals surface area contributed by atoms with Gasteiger partial charge >= 0.3 is 5.97 Å². The Morgan fingerprint density at radius 3 is 2.07 bits per heavy atom. The van der Waals surface area contributed by atoms with Gasteiger partial charge in [0.15, 0.2) is 6.10 Å². The Balaban J connectivity index is 1.32. The number of carbonyl (C=O) groups is 3. The van der Waals surface area contributed by atoms with Gasteiger partial charge in [-0.3, -0.25) is 9.59 Å². The van der Waals surface area contributed by atoms with Crippen molar-refractivity contribution in [3.8, 4) is 0 Å². The van der Waals surface area contributed by atoms with Crippen molar-refractivity contribution >= 4 is 23.5 Å². The number of nitrogens with zero attached hydrogens (tertiary/aromatic N) is 1. The highest BCUT2D eigenvalue weighted by Crippen LogP contribution is 2.60. The summed E-state index contributed by atoms with van der Waals surface area (Å²) in [6.07, 6.45) is 5.70. The maximum atomic E-state index is 13.1. The molecule has 1 N–H and O–H groups in total. The smallest absolute Gasteiger partial charge is 0.329 e. The van der Waals surface area contributed by atoms with Crippen LogP contribution in [0.15, 0.2) is 30.3 Å². The van der Waals surface area contributed by atoms with Crippen molar-refractivity contribution in [3.63, 3.8) is 0 Å². The molecule has 0 aromatic heterocycles. The Kier molecular flexibility index (Phi) is 5.60. The number of likely N-dealkylation sites (N-methyl/N-ethyl adjacent to an activating group) is 1. The molecule has 0 aliphatic heterocycles. The molecule has 0 spiro atoms. The van der Waals surface area contributed by atoms with E-state index in [-0.39, 0.29) is 17.2 Å². The van der Waals surface area contributed by atoms with Crippen molar-refractivity contribution in [2.45, 2.75) is 64.5 Å². The summed E-state index contributed by atoms with van der Waals surface area (Å²) in [6.45, 7) is 3.20. The molecule has 162 valence electrons. The lowest BCUT2D eigenvalue weighted by atomic mass is 9.49. The molecule has 4 fully saturated rings. The first-order chi connectivity index (χ1) is 14.3. The highest BCUT2D eigenvalue weighted by molar-refractivity contribution is 5.97. The molecular formula is C24H32N2O4. The van der Waals surface area contributed by atoms with Crippen LogP contribution in [0.1, 0.15) is 52.4 Å². The normalized spacial score (nSPS) is 31.0. The zero-order valence-electron chi connectivity index (χ0n) is 18.1. The van der Waals surface area contributed by atoms with E-state index in [2.05, 4.69) is 5.32 Å². The van der Waals surface area contributed by atoms with Crippen LogP contribution >= 0.6 is 0 Å². The van der Waals surface area contributed by atoms with Crippen molar-refractivity contribution in [1.82, 2.24) is 5.32 Å². The number of amides is 2. The number of hydrogen-bond donors (Lipinski definition) is 1. The van der Waals surface area contributed by atoms with Crippen molar-refractivity contribution in [2.75, 3.05) is 11.9 Å². The molecular weight excluding hydrogens is 380 g/mol. The van der Waals surface area contributed by atoms with E-state index in [1.807, 2.05) is 30.3 Å². The van der Waals surface area contributed by atoms with Gasteiger partial charge in [0.05, 0.1) is 0 Å². The van der Waals surface area contributed by atoms with Crippen LogP contribution < -0.4 is 10.2 Å². The predicted molar refractivity (Wildman–Crippen MR) is 114 cm³/mol. The lowest BCUT2D eigenvalue weighted by Crippen LogP contribution is -2.56. The Morgan fingerprint density at radius 2 is 1.53 bits per heavy atom. The fourth-order valence-electron chi connectivity index (χ4n) is 6.18. The topological polar surface area (TPSA) is 75.7 Å². The molecule has 5 rings (SSSR count). The molecule has 0 heterocycles. The minimum absolute atomic E-state index is 0.00793. The van der Waals surface area contributed by atoms with Gasteiger partial charge in [0.1, 0.15) is 6.04 Å². The van der Waals surface area contributed by atoms with Crippen LogP contribution in [-0.2, 0) is 19.1 Å². The summed E-state index contributed by atoms with van der Waals surface area (Å²) in [5, 5.41) is 2.90. The molecule has 0 unspecified atom stereocenters. The van der Waals surface area contributed by atoms with Gasteiger partial charge in [0.25, 0.3) is 5.91 Å². The Morgan fingerprint density at radius 1 is 1.00 bits per heavy atom. The summed E-state index contributed by atoms with van der Waals surface area (Å²) in [6, 6.07) is 8.43. The molecule has 6 heteroatoms. The molecule has 6 nitrogen and oxygen atoms in total. The second kappa shape index (κ2) is 8.05. The first-order valence-electron chi connectivity index (χ1n) is 11.1. The van der Waals surface area contributed by atoms with E-state index in [4.69, 9.17) is 4.74 Å². The molecule has 0 saturated heterocycles. The average molecular weight is 413 g/mol. The molecule has 4 aliphatic rings. The Bertz CT molecular complexity index is 786. The number of nitrogens with one attached hydrogen (secondary N) is 1. The standard InChI is InChI=1S/C24H32N2O4/c1-15(22(28)30-16(2)21(27)26(3)20-7-5-4-6-8-20)25-23(29)24-12-17-9-18(13-24)11-19(10-17)14-24/h4-8,15-19H,9-14H2,1-3H3,(H,25,29)/t15-,16-,17?,18?,19?,24?/m0/s1. The highest BCUT2D eigenvalue weighted by Gasteiger charge is 2.54. The van der Waals surface area contributed by atoms with Crippen LogP contribution in [0.5, 0.6) is 0 Å². The highest BCUT2D eigenvalue weighted by atomic mass is 16.5. The van der Waals surface area contributed by atoms with Crippen molar-refractivity contribution in [3.05, 3.63) is 30.3 Å². The number of anilines is 1. The van der Waals surface area contributed by atoms with Gasteiger partial charge in [0, 0.05) is 18.2 Å². The van der Waals surface area contributed by atoms with Crippen molar-refractivity contribution < 1.29 is 19.1 Å². The van der Waals surface area contributed by atoms with Crippen LogP contribution in [0.3, 0.4) is 0 Å². The SMILES string of the molecule is C[C@H](NC(=O)C12CC3CC(CC(C3)C1)C2)C(=O)O[C@@H](C)C(=O)N(C)c1ccccc1. The van der Waals surface area contributed by atoms with Crippen molar-refractivity contribution in [1.29, 1.82) is 0 Å². The van der Waals surface area contributed by atoms with Gasteiger partial charge in [-0.1, -0.05) is 18.2 Å². The van der Waals surface area contributed by atoms with Gasteiger partial charge in [0.2, 0.25) is 5.91 Å². The van der Waals surface area contributed by atoms with E-state index in [1.165, 1.54) is 24.2 Å². The number of hydrogen-bond acceptors (Lipinski definition) is 4. The van der Waals surface area contributed by atoms with E-state index in [0.29, 0.717) is 17.8 Å². The summed E-state index contributed by atoms with van der Waals surface area (Å²) in [7, 11) is 1.65. The second-order valence-corrected chi connectivity index (χ2v) is 9.70. The van der Waals surface area contributed by atoms with Gasteiger partial charge in [-0.15, -0.1) is 0 Å². The van der Waals surface area contributed by atoms with E-state index in [9.17, 15) is 14.4 Å². The molecule has 4 aliphatic carbocycles. The number of ether oxygens (including phenoxy) is 1. The van der Waals surface area contributed by atoms with E-state index < -0.39 is 18.1 Å². The number of para-hydroxylation sites is 1. The first-order valence-corrected chi connectivity index (χ1v) is 11.1. The molecule has 0 radical (unpaired) electrons. The van der Waals surface area contributed by atoms with E-state index in [0.717, 1.165) is 24.9 Å². The zero-order valence-corrected chi connectivity index (χ0v) is 18.1. The Labute approximate surface area is 178 Å². The van der Waals surface area contributed by atoms with Gasteiger partial charge in [-0.05, 0) is 82.3 Å². The zero-order chi connectivity index (χ0) is 21.5. The summed E-state index contributed by atoms with van der Waals surface area (Å²) in [5.41, 5.74) is 0.423. The lowest BCUT2D eigenvalue weighted by Gasteiger charge is -2.55. The fourth-order valence-corrected chi connectivity index (χ4v) is 6.18. The van der Waals surface area contributed by atoms with Crippen LogP contribution in [0.25, 0.3) is 0 Å². The molecule has 1 aromatic carbocycles. The van der Waals surface area contributed by atoms with Gasteiger partial charge in [-0.2, -0.15) is 0 Å². The molecule has 1 aromatic rings. The largest absolute Gasteiger partial charge is 0.451 e. The predicted octanol–water partition coefficient (Wildman–Crippen LogP) is 3.30. The summed E-state index contributed by atoms with van der Waals surface area (Å²) < 4.78 is 5.39. The van der Waals surface area contributed by atoms with Crippen LogP contribution in [0, 0.1) is 23.2 Å². The molecule has 4 bridgehead atoms. The maximum Gasteiger partial charge on any atom is 0.329 e. The van der Waals surface area contributed by atoms with E-state index >= 15 is 0 Å². The van der Waals surface area contributed by atoms with Crippen LogP contribution in [-0.4, -0.2) is 37.0 Å². The number of benzene rings is 1. The van der Waals surface area contributed by atoms with E-state index in [1.54, 1.807) is 20.9 Å². The fraction of sp³-hybridized carbons (Fsp3) is 0.625. The lowest BCUT2D eigenvalue weighted by molar-refractivity contribution is -0.159. The quantitative estimate of drug-likeness (QED) is 0.728. The number of rotatable bonds is 6. The average Bonchev–Trinajstić information content (AvgIpc) is 2.72. The minimum Gasteiger partial charge on any atom is -0.451 e. The maximum absolute atomic E-state index is 13.1. The molecule has 30 heavy (non-hydrogen) atoms. The summed E-state index contributed by atoms with van der Waals surface area (Å²) >= 11 is 0. The number of esters is 1. The summed E-state index contributed by atoms with van der Waals surface area (Å²) in [5.74, 6) is 1.09. The van der Waals surface area contributed by atoms with Gasteiger partial charge < -0.3 is 15.0 Å².